The number of carbonyl (C=O) groups is 1. The van der Waals surface area contributed by atoms with Crippen molar-refractivity contribution in [1.29, 1.82) is 0 Å². The minimum atomic E-state index is -0.0356. The summed E-state index contributed by atoms with van der Waals surface area (Å²) in [4.78, 5) is 28.8. The summed E-state index contributed by atoms with van der Waals surface area (Å²) in [5, 5.41) is 4.12. The number of thiazole rings is 1. The third kappa shape index (κ3) is 3.44. The van der Waals surface area contributed by atoms with E-state index >= 15 is 0 Å². The van der Waals surface area contributed by atoms with Crippen LogP contribution < -0.4 is 15.0 Å². The lowest BCUT2D eigenvalue weighted by Gasteiger charge is -2.29. The lowest BCUT2D eigenvalue weighted by atomic mass is 9.78. The van der Waals surface area contributed by atoms with Crippen LogP contribution in [0.25, 0.3) is 0 Å². The Bertz CT molecular complexity index is 1080. The summed E-state index contributed by atoms with van der Waals surface area (Å²) in [6, 6.07) is 5.92. The van der Waals surface area contributed by atoms with E-state index < -0.39 is 0 Å². The summed E-state index contributed by atoms with van der Waals surface area (Å²) in [7, 11) is 0. The summed E-state index contributed by atoms with van der Waals surface area (Å²) in [6.07, 6.45) is 6.37. The van der Waals surface area contributed by atoms with Gasteiger partial charge in [-0.05, 0) is 30.0 Å². The molecule has 7 nitrogen and oxygen atoms in total. The lowest BCUT2D eigenvalue weighted by Crippen LogP contribution is -2.28. The van der Waals surface area contributed by atoms with Crippen molar-refractivity contribution in [3.05, 3.63) is 47.4 Å². The minimum Gasteiger partial charge on any atom is -0.490 e. The second-order valence-corrected chi connectivity index (χ2v) is 9.09. The summed E-state index contributed by atoms with van der Waals surface area (Å²) in [6.45, 7) is 5.52. The number of rotatable bonds is 3. The van der Waals surface area contributed by atoms with Gasteiger partial charge in [0, 0.05) is 24.5 Å². The van der Waals surface area contributed by atoms with E-state index in [-0.39, 0.29) is 11.2 Å². The van der Waals surface area contributed by atoms with Crippen LogP contribution in [0.3, 0.4) is 0 Å². The van der Waals surface area contributed by atoms with Crippen LogP contribution >= 0.6 is 11.3 Å². The second kappa shape index (κ2) is 6.81. The second-order valence-electron chi connectivity index (χ2n) is 8.11. The maximum absolute atomic E-state index is 12.6. The number of fused-ring (bicyclic) bond motifs is 2. The molecule has 0 saturated heterocycles. The molecular weight excluding hydrogens is 386 g/mol. The topological polar surface area (TPSA) is 80.2 Å². The van der Waals surface area contributed by atoms with Crippen molar-refractivity contribution in [2.75, 3.05) is 23.4 Å². The molecular formula is C21H21N5O2S. The lowest BCUT2D eigenvalue weighted by molar-refractivity contribution is 0.0916. The van der Waals surface area contributed by atoms with Crippen molar-refractivity contribution in [2.45, 2.75) is 26.7 Å². The van der Waals surface area contributed by atoms with Crippen molar-refractivity contribution >= 4 is 39.4 Å². The Balaban J connectivity index is 1.49. The number of ketones is 1. The summed E-state index contributed by atoms with van der Waals surface area (Å²) < 4.78 is 5.85. The van der Waals surface area contributed by atoms with Gasteiger partial charge in [-0.25, -0.2) is 9.97 Å². The number of carbonyl (C=O) groups excluding carboxylic acids is 1. The zero-order valence-corrected chi connectivity index (χ0v) is 17.1. The van der Waals surface area contributed by atoms with Gasteiger partial charge in [-0.3, -0.25) is 9.78 Å². The van der Waals surface area contributed by atoms with Crippen LogP contribution in [0.4, 0.5) is 22.3 Å². The molecule has 5 rings (SSSR count). The van der Waals surface area contributed by atoms with E-state index in [9.17, 15) is 4.79 Å². The number of nitrogens with zero attached hydrogens (tertiary/aromatic N) is 4. The van der Waals surface area contributed by atoms with Crippen molar-refractivity contribution in [3.63, 3.8) is 0 Å². The maximum atomic E-state index is 12.6. The van der Waals surface area contributed by atoms with E-state index in [1.54, 1.807) is 18.6 Å². The molecule has 0 bridgehead atoms. The van der Waals surface area contributed by atoms with Gasteiger partial charge < -0.3 is 15.0 Å². The molecule has 3 aromatic rings. The zero-order chi connectivity index (χ0) is 20.0. The molecule has 0 radical (unpaired) electrons. The van der Waals surface area contributed by atoms with E-state index in [0.717, 1.165) is 39.2 Å². The number of benzene rings is 1. The number of ether oxygens (including phenoxy) is 1. The SMILES string of the molecule is CC1(C)CC(=O)c2sc(N3CCOc4ccc(Nc5cnccn5)cc43)nc2C1. The predicted molar refractivity (Wildman–Crippen MR) is 113 cm³/mol. The van der Waals surface area contributed by atoms with Crippen molar-refractivity contribution < 1.29 is 9.53 Å². The standard InChI is InChI=1S/C21H21N5O2S/c1-21(2)10-14-19(16(27)11-21)29-20(25-14)26-7-8-28-17-4-3-13(9-15(17)26)24-18-12-22-5-6-23-18/h3-6,9,12H,7-8,10-11H2,1-2H3,(H,23,24). The van der Waals surface area contributed by atoms with Crippen molar-refractivity contribution in [3.8, 4) is 5.75 Å². The van der Waals surface area contributed by atoms with E-state index in [1.807, 2.05) is 18.2 Å². The molecule has 1 N–H and O–H groups in total. The first-order chi connectivity index (χ1) is 14.0. The molecule has 2 aromatic heterocycles. The number of hydrogen-bond donors (Lipinski definition) is 1. The van der Waals surface area contributed by atoms with Crippen molar-refractivity contribution in [2.24, 2.45) is 5.41 Å². The number of anilines is 4. The predicted octanol–water partition coefficient (Wildman–Crippen LogP) is 4.36. The zero-order valence-electron chi connectivity index (χ0n) is 16.3. The van der Waals surface area contributed by atoms with Crippen LogP contribution in [0.15, 0.2) is 36.8 Å². The first kappa shape index (κ1) is 18.1. The van der Waals surface area contributed by atoms with E-state index in [4.69, 9.17) is 9.72 Å². The normalized spacial score (nSPS) is 17.3. The Labute approximate surface area is 172 Å². The highest BCUT2D eigenvalue weighted by Crippen LogP contribution is 2.44. The molecule has 8 heteroatoms. The third-order valence-corrected chi connectivity index (χ3v) is 6.27. The maximum Gasteiger partial charge on any atom is 0.190 e. The van der Waals surface area contributed by atoms with Gasteiger partial charge in [0.2, 0.25) is 0 Å². The van der Waals surface area contributed by atoms with Gasteiger partial charge in [-0.2, -0.15) is 0 Å². The van der Waals surface area contributed by atoms with Crippen molar-refractivity contribution in [1.82, 2.24) is 15.0 Å². The third-order valence-electron chi connectivity index (χ3n) is 5.11. The Hall–Kier alpha value is -3.00. The summed E-state index contributed by atoms with van der Waals surface area (Å²) >= 11 is 1.49. The molecule has 2 aliphatic rings. The van der Waals surface area contributed by atoms with E-state index in [0.29, 0.717) is 25.4 Å². The highest BCUT2D eigenvalue weighted by molar-refractivity contribution is 7.17. The Morgan fingerprint density at radius 3 is 2.97 bits per heavy atom. The molecule has 1 aromatic carbocycles. The van der Waals surface area contributed by atoms with Gasteiger partial charge in [0.15, 0.2) is 10.9 Å². The van der Waals surface area contributed by atoms with Crippen LogP contribution in [-0.4, -0.2) is 33.9 Å². The fourth-order valence-corrected chi connectivity index (χ4v) is 4.89. The molecule has 0 atom stereocenters. The largest absolute Gasteiger partial charge is 0.490 e. The molecule has 0 amide bonds. The average molecular weight is 407 g/mol. The Kier molecular flexibility index (Phi) is 4.24. The van der Waals surface area contributed by atoms with Gasteiger partial charge in [0.05, 0.1) is 29.0 Å². The van der Waals surface area contributed by atoms with Gasteiger partial charge in [-0.15, -0.1) is 0 Å². The number of aromatic nitrogens is 3. The molecule has 0 unspecified atom stereocenters. The molecule has 1 aliphatic heterocycles. The van der Waals surface area contributed by atoms with Gasteiger partial charge in [0.1, 0.15) is 18.2 Å². The molecule has 0 saturated carbocycles. The Morgan fingerprint density at radius 2 is 2.14 bits per heavy atom. The summed E-state index contributed by atoms with van der Waals surface area (Å²) in [5.74, 6) is 1.68. The van der Waals surface area contributed by atoms with Crippen LogP contribution in [0, 0.1) is 5.41 Å². The number of Topliss-reactive ketones (excluding diaryl/α,β-unsaturated/α-hetero) is 1. The molecule has 29 heavy (non-hydrogen) atoms. The fraction of sp³-hybridized carbons (Fsp3) is 0.333. The van der Waals surface area contributed by atoms with Crippen LogP contribution in [0.2, 0.25) is 0 Å². The van der Waals surface area contributed by atoms with Crippen LogP contribution in [0.5, 0.6) is 5.75 Å². The number of hydrogen-bond acceptors (Lipinski definition) is 8. The molecule has 3 heterocycles. The molecule has 0 spiro atoms. The van der Waals surface area contributed by atoms with E-state index in [1.165, 1.54) is 11.3 Å². The first-order valence-electron chi connectivity index (χ1n) is 9.59. The van der Waals surface area contributed by atoms with Crippen LogP contribution in [-0.2, 0) is 6.42 Å². The molecule has 1 aliphatic carbocycles. The fourth-order valence-electron chi connectivity index (χ4n) is 3.83. The van der Waals surface area contributed by atoms with Crippen LogP contribution in [0.1, 0.15) is 35.6 Å². The van der Waals surface area contributed by atoms with Gasteiger partial charge >= 0.3 is 0 Å². The minimum absolute atomic E-state index is 0.0356. The van der Waals surface area contributed by atoms with Gasteiger partial charge in [0.25, 0.3) is 0 Å². The smallest absolute Gasteiger partial charge is 0.190 e. The van der Waals surface area contributed by atoms with E-state index in [2.05, 4.69) is 34.0 Å². The highest BCUT2D eigenvalue weighted by atomic mass is 32.1. The van der Waals surface area contributed by atoms with Gasteiger partial charge in [-0.1, -0.05) is 25.2 Å². The average Bonchev–Trinajstić information content (AvgIpc) is 3.11. The first-order valence-corrected chi connectivity index (χ1v) is 10.4. The summed E-state index contributed by atoms with van der Waals surface area (Å²) in [5.41, 5.74) is 2.71. The quantitative estimate of drug-likeness (QED) is 0.691. The monoisotopic (exact) mass is 407 g/mol. The number of nitrogens with one attached hydrogen (secondary N) is 1. The molecule has 0 fully saturated rings. The Morgan fingerprint density at radius 1 is 1.24 bits per heavy atom. The highest BCUT2D eigenvalue weighted by Gasteiger charge is 2.35. The molecule has 148 valence electrons.